The summed E-state index contributed by atoms with van der Waals surface area (Å²) in [4.78, 5) is 28.7. The standard InChI is InChI=1S/C22H29N5O3/c1-16-23-20(25-8-4-5-9-25)15-21(24-16)26-10-12-27(13-11-26)22(28)17-6-7-18(29-2)19(14-17)30-3/h6-7,14-15H,4-5,8-13H2,1-3H3. The first-order valence-electron chi connectivity index (χ1n) is 10.5. The Morgan fingerprint density at radius 1 is 0.833 bits per heavy atom. The maximum absolute atomic E-state index is 13.0. The highest BCUT2D eigenvalue weighted by Crippen LogP contribution is 2.28. The Kier molecular flexibility index (Phi) is 5.92. The Labute approximate surface area is 177 Å². The largest absolute Gasteiger partial charge is 0.493 e. The van der Waals surface area contributed by atoms with Gasteiger partial charge in [0.1, 0.15) is 17.5 Å². The van der Waals surface area contributed by atoms with Gasteiger partial charge in [-0.15, -0.1) is 0 Å². The highest BCUT2D eigenvalue weighted by Gasteiger charge is 2.25. The molecule has 160 valence electrons. The third-order valence-electron chi connectivity index (χ3n) is 5.76. The van der Waals surface area contributed by atoms with Crippen LogP contribution < -0.4 is 19.3 Å². The number of carbonyl (C=O) groups excluding carboxylic acids is 1. The fourth-order valence-corrected chi connectivity index (χ4v) is 4.10. The number of ether oxygens (including phenoxy) is 2. The van der Waals surface area contributed by atoms with Crippen molar-refractivity contribution in [1.29, 1.82) is 0 Å². The van der Waals surface area contributed by atoms with Gasteiger partial charge in [0.15, 0.2) is 11.5 Å². The Morgan fingerprint density at radius 2 is 1.43 bits per heavy atom. The second-order valence-corrected chi connectivity index (χ2v) is 7.67. The monoisotopic (exact) mass is 411 g/mol. The summed E-state index contributed by atoms with van der Waals surface area (Å²) in [7, 11) is 3.16. The van der Waals surface area contributed by atoms with E-state index in [1.165, 1.54) is 12.8 Å². The van der Waals surface area contributed by atoms with Gasteiger partial charge in [0, 0.05) is 50.9 Å². The van der Waals surface area contributed by atoms with Crippen LogP contribution in [0.5, 0.6) is 11.5 Å². The number of rotatable bonds is 5. The highest BCUT2D eigenvalue weighted by atomic mass is 16.5. The minimum absolute atomic E-state index is 0.00669. The molecule has 0 spiro atoms. The van der Waals surface area contributed by atoms with E-state index in [4.69, 9.17) is 9.47 Å². The summed E-state index contributed by atoms with van der Waals surface area (Å²) in [5, 5.41) is 0. The molecule has 0 bridgehead atoms. The van der Waals surface area contributed by atoms with Gasteiger partial charge in [0.25, 0.3) is 5.91 Å². The van der Waals surface area contributed by atoms with Crippen LogP contribution in [0.1, 0.15) is 29.0 Å². The first-order valence-corrected chi connectivity index (χ1v) is 10.5. The summed E-state index contributed by atoms with van der Waals surface area (Å²) >= 11 is 0. The van der Waals surface area contributed by atoms with Crippen molar-refractivity contribution in [3.05, 3.63) is 35.7 Å². The number of hydrogen-bond donors (Lipinski definition) is 0. The summed E-state index contributed by atoms with van der Waals surface area (Å²) < 4.78 is 10.6. The van der Waals surface area contributed by atoms with Crippen LogP contribution in [0.4, 0.5) is 11.6 Å². The number of hydrogen-bond acceptors (Lipinski definition) is 7. The van der Waals surface area contributed by atoms with Gasteiger partial charge in [-0.25, -0.2) is 9.97 Å². The molecule has 8 heteroatoms. The van der Waals surface area contributed by atoms with Gasteiger partial charge < -0.3 is 24.2 Å². The number of amides is 1. The van der Waals surface area contributed by atoms with Crippen molar-refractivity contribution in [2.24, 2.45) is 0 Å². The maximum Gasteiger partial charge on any atom is 0.254 e. The zero-order chi connectivity index (χ0) is 21.1. The van der Waals surface area contributed by atoms with E-state index in [1.807, 2.05) is 11.8 Å². The second kappa shape index (κ2) is 8.77. The number of methoxy groups -OCH3 is 2. The predicted octanol–water partition coefficient (Wildman–Crippen LogP) is 2.36. The molecule has 0 N–H and O–H groups in total. The molecule has 1 aromatic carbocycles. The molecule has 2 fully saturated rings. The van der Waals surface area contributed by atoms with E-state index < -0.39 is 0 Å². The second-order valence-electron chi connectivity index (χ2n) is 7.67. The maximum atomic E-state index is 13.0. The van der Waals surface area contributed by atoms with Crippen LogP contribution in [-0.2, 0) is 0 Å². The minimum Gasteiger partial charge on any atom is -0.493 e. The Hall–Kier alpha value is -3.03. The quantitative estimate of drug-likeness (QED) is 0.748. The normalized spacial score (nSPS) is 16.7. The van der Waals surface area contributed by atoms with Crippen LogP contribution in [0.3, 0.4) is 0 Å². The molecule has 2 saturated heterocycles. The molecular formula is C22H29N5O3. The smallest absolute Gasteiger partial charge is 0.254 e. The number of anilines is 2. The lowest BCUT2D eigenvalue weighted by molar-refractivity contribution is 0.0746. The minimum atomic E-state index is 0.00669. The summed E-state index contributed by atoms with van der Waals surface area (Å²) in [5.74, 6) is 3.94. The lowest BCUT2D eigenvalue weighted by atomic mass is 10.1. The third-order valence-corrected chi connectivity index (χ3v) is 5.76. The fraction of sp³-hybridized carbons (Fsp3) is 0.500. The SMILES string of the molecule is COc1ccc(C(=O)N2CCN(c3cc(N4CCCC4)nc(C)n3)CC2)cc1OC. The summed E-state index contributed by atoms with van der Waals surface area (Å²) in [5.41, 5.74) is 0.607. The molecule has 2 aliphatic heterocycles. The van der Waals surface area contributed by atoms with Gasteiger partial charge >= 0.3 is 0 Å². The van der Waals surface area contributed by atoms with Crippen LogP contribution in [0.15, 0.2) is 24.3 Å². The van der Waals surface area contributed by atoms with E-state index in [2.05, 4.69) is 25.8 Å². The first-order chi connectivity index (χ1) is 14.6. The predicted molar refractivity (Wildman–Crippen MR) is 116 cm³/mol. The molecule has 2 aromatic rings. The van der Waals surface area contributed by atoms with Gasteiger partial charge in [0.05, 0.1) is 14.2 Å². The van der Waals surface area contributed by atoms with Crippen LogP contribution in [-0.4, -0.2) is 74.3 Å². The molecule has 2 aliphatic rings. The van der Waals surface area contributed by atoms with E-state index in [-0.39, 0.29) is 5.91 Å². The average Bonchev–Trinajstić information content (AvgIpc) is 3.33. The van der Waals surface area contributed by atoms with Gasteiger partial charge in [-0.1, -0.05) is 0 Å². The molecule has 1 aromatic heterocycles. The molecule has 0 atom stereocenters. The molecule has 1 amide bonds. The number of piperazine rings is 1. The van der Waals surface area contributed by atoms with Crippen molar-refractivity contribution in [2.75, 3.05) is 63.3 Å². The third kappa shape index (κ3) is 4.13. The topological polar surface area (TPSA) is 71.0 Å². The van der Waals surface area contributed by atoms with E-state index in [0.29, 0.717) is 30.2 Å². The lowest BCUT2D eigenvalue weighted by Crippen LogP contribution is -2.49. The molecule has 0 unspecified atom stereocenters. The Morgan fingerprint density at radius 3 is 2.03 bits per heavy atom. The van der Waals surface area contributed by atoms with Crippen LogP contribution in [0.25, 0.3) is 0 Å². The number of benzene rings is 1. The summed E-state index contributed by atoms with van der Waals surface area (Å²) in [6.45, 7) is 6.85. The number of nitrogens with zero attached hydrogens (tertiary/aromatic N) is 5. The van der Waals surface area contributed by atoms with E-state index in [1.54, 1.807) is 32.4 Å². The molecule has 3 heterocycles. The molecule has 30 heavy (non-hydrogen) atoms. The van der Waals surface area contributed by atoms with Gasteiger partial charge in [0.2, 0.25) is 0 Å². The number of carbonyl (C=O) groups is 1. The lowest BCUT2D eigenvalue weighted by Gasteiger charge is -2.36. The van der Waals surface area contributed by atoms with Crippen LogP contribution in [0.2, 0.25) is 0 Å². The zero-order valence-electron chi connectivity index (χ0n) is 17.9. The molecule has 4 rings (SSSR count). The van der Waals surface area contributed by atoms with E-state index in [9.17, 15) is 4.79 Å². The van der Waals surface area contributed by atoms with E-state index >= 15 is 0 Å². The van der Waals surface area contributed by atoms with Crippen molar-refractivity contribution in [1.82, 2.24) is 14.9 Å². The summed E-state index contributed by atoms with van der Waals surface area (Å²) in [6, 6.07) is 7.38. The molecule has 0 radical (unpaired) electrons. The molecule has 8 nitrogen and oxygen atoms in total. The van der Waals surface area contributed by atoms with Crippen molar-refractivity contribution in [3.63, 3.8) is 0 Å². The van der Waals surface area contributed by atoms with Crippen molar-refractivity contribution >= 4 is 17.5 Å². The van der Waals surface area contributed by atoms with Crippen molar-refractivity contribution in [2.45, 2.75) is 19.8 Å². The van der Waals surface area contributed by atoms with Crippen LogP contribution >= 0.6 is 0 Å². The van der Waals surface area contributed by atoms with Crippen molar-refractivity contribution < 1.29 is 14.3 Å². The number of aromatic nitrogens is 2. The highest BCUT2D eigenvalue weighted by molar-refractivity contribution is 5.95. The van der Waals surface area contributed by atoms with Gasteiger partial charge in [-0.05, 0) is 38.0 Å². The van der Waals surface area contributed by atoms with Crippen LogP contribution in [0, 0.1) is 6.92 Å². The molecule has 0 aliphatic carbocycles. The molecular weight excluding hydrogens is 382 g/mol. The average molecular weight is 412 g/mol. The first kappa shape index (κ1) is 20.3. The number of aryl methyl sites for hydroxylation is 1. The summed E-state index contributed by atoms with van der Waals surface area (Å²) in [6.07, 6.45) is 2.44. The fourth-order valence-electron chi connectivity index (χ4n) is 4.10. The Balaban J connectivity index is 1.43. The zero-order valence-corrected chi connectivity index (χ0v) is 17.9. The Bertz CT molecular complexity index is 906. The molecule has 0 saturated carbocycles. The van der Waals surface area contributed by atoms with Crippen molar-refractivity contribution in [3.8, 4) is 11.5 Å². The van der Waals surface area contributed by atoms with E-state index in [0.717, 1.165) is 43.6 Å². The van der Waals surface area contributed by atoms with Gasteiger partial charge in [-0.3, -0.25) is 4.79 Å². The van der Waals surface area contributed by atoms with Gasteiger partial charge in [-0.2, -0.15) is 0 Å².